The highest BCUT2D eigenvalue weighted by atomic mass is 16.2. The maximum atomic E-state index is 13.7. The molecule has 0 unspecified atom stereocenters. The molecule has 1 atom stereocenters. The van der Waals surface area contributed by atoms with Crippen LogP contribution in [0.5, 0.6) is 0 Å². The minimum absolute atomic E-state index is 0.149. The first-order valence-electron chi connectivity index (χ1n) is 10.5. The summed E-state index contributed by atoms with van der Waals surface area (Å²) in [6.07, 6.45) is 0. The van der Waals surface area contributed by atoms with Gasteiger partial charge in [0.1, 0.15) is 5.54 Å². The number of amides is 2. The molecule has 0 radical (unpaired) electrons. The van der Waals surface area contributed by atoms with Crippen molar-refractivity contribution in [3.63, 3.8) is 0 Å². The smallest absolute Gasteiger partial charge is 0.250 e. The fraction of sp³-hybridized carbons (Fsp3) is 0.231. The summed E-state index contributed by atoms with van der Waals surface area (Å²) in [4.78, 5) is 28.1. The van der Waals surface area contributed by atoms with Gasteiger partial charge in [-0.15, -0.1) is 0 Å². The van der Waals surface area contributed by atoms with Gasteiger partial charge in [-0.25, -0.2) is 0 Å². The van der Waals surface area contributed by atoms with Gasteiger partial charge in [0.15, 0.2) is 0 Å². The van der Waals surface area contributed by atoms with Crippen molar-refractivity contribution in [2.75, 3.05) is 10.2 Å². The van der Waals surface area contributed by atoms with Crippen LogP contribution in [0.3, 0.4) is 0 Å². The molecule has 0 saturated carbocycles. The number of rotatable bonds is 5. The summed E-state index contributed by atoms with van der Waals surface area (Å²) in [5.74, 6) is -0.349. The molecule has 1 aliphatic heterocycles. The predicted molar refractivity (Wildman–Crippen MR) is 124 cm³/mol. The number of nitrogens with zero attached hydrogens (tertiary/aromatic N) is 1. The van der Waals surface area contributed by atoms with Gasteiger partial charge in [0.2, 0.25) is 11.8 Å². The Morgan fingerprint density at radius 1 is 0.871 bits per heavy atom. The number of hydrogen-bond acceptors (Lipinski definition) is 3. The van der Waals surface area contributed by atoms with E-state index in [9.17, 15) is 9.59 Å². The van der Waals surface area contributed by atoms with Crippen LogP contribution in [-0.4, -0.2) is 23.4 Å². The third kappa shape index (κ3) is 3.97. The molecule has 2 amide bonds. The molecule has 0 aromatic heterocycles. The molecule has 4 rings (SSSR count). The summed E-state index contributed by atoms with van der Waals surface area (Å²) in [7, 11) is 0. The van der Waals surface area contributed by atoms with Gasteiger partial charge in [-0.1, -0.05) is 72.8 Å². The minimum Gasteiger partial charge on any atom is -0.322 e. The summed E-state index contributed by atoms with van der Waals surface area (Å²) < 4.78 is 0. The Kier molecular flexibility index (Phi) is 5.61. The van der Waals surface area contributed by atoms with E-state index in [1.165, 1.54) is 0 Å². The Labute approximate surface area is 183 Å². The highest BCUT2D eigenvalue weighted by molar-refractivity contribution is 6.15. The number of carbonyl (C=O) groups excluding carboxylic acids is 2. The van der Waals surface area contributed by atoms with Crippen molar-refractivity contribution in [2.24, 2.45) is 0 Å². The number of benzene rings is 3. The van der Waals surface area contributed by atoms with Crippen LogP contribution >= 0.6 is 0 Å². The zero-order valence-electron chi connectivity index (χ0n) is 18.0. The summed E-state index contributed by atoms with van der Waals surface area (Å²) in [5, 5.41) is 6.42. The van der Waals surface area contributed by atoms with Crippen LogP contribution < -0.4 is 15.5 Å². The molecule has 3 aromatic carbocycles. The van der Waals surface area contributed by atoms with E-state index >= 15 is 0 Å². The molecule has 1 heterocycles. The van der Waals surface area contributed by atoms with E-state index in [4.69, 9.17) is 0 Å². The van der Waals surface area contributed by atoms with Crippen LogP contribution in [-0.2, 0) is 9.59 Å². The minimum atomic E-state index is -1.00. The normalized spacial score (nSPS) is 15.9. The summed E-state index contributed by atoms with van der Waals surface area (Å²) >= 11 is 0. The Bertz CT molecular complexity index is 1040. The van der Waals surface area contributed by atoms with Crippen molar-refractivity contribution < 1.29 is 9.59 Å². The van der Waals surface area contributed by atoms with Crippen LogP contribution in [0.1, 0.15) is 37.9 Å². The molecule has 0 saturated heterocycles. The van der Waals surface area contributed by atoms with E-state index in [-0.39, 0.29) is 17.9 Å². The number of anilines is 2. The van der Waals surface area contributed by atoms with Crippen LogP contribution in [0.2, 0.25) is 0 Å². The average Bonchev–Trinajstić information content (AvgIpc) is 2.79. The number of hydrogen-bond donors (Lipinski definition) is 2. The third-order valence-corrected chi connectivity index (χ3v) is 5.78. The van der Waals surface area contributed by atoms with Crippen molar-refractivity contribution in [3.8, 4) is 0 Å². The van der Waals surface area contributed by atoms with Gasteiger partial charge in [-0.3, -0.25) is 19.8 Å². The third-order valence-electron chi connectivity index (χ3n) is 5.78. The lowest BCUT2D eigenvalue weighted by atomic mass is 9.94. The molecule has 3 aromatic rings. The van der Waals surface area contributed by atoms with Crippen molar-refractivity contribution in [1.82, 2.24) is 5.32 Å². The highest BCUT2D eigenvalue weighted by Crippen LogP contribution is 2.37. The van der Waals surface area contributed by atoms with E-state index in [0.717, 1.165) is 11.1 Å². The Hall–Kier alpha value is -3.44. The lowest BCUT2D eigenvalue weighted by Gasteiger charge is -2.43. The first kappa shape index (κ1) is 20.8. The van der Waals surface area contributed by atoms with Crippen molar-refractivity contribution in [2.45, 2.75) is 38.4 Å². The van der Waals surface area contributed by atoms with Gasteiger partial charge in [0.05, 0.1) is 23.5 Å². The molecule has 0 spiro atoms. The van der Waals surface area contributed by atoms with Crippen molar-refractivity contribution >= 4 is 23.2 Å². The molecule has 0 aliphatic carbocycles. The molecule has 5 nitrogen and oxygen atoms in total. The number of fused-ring (bicyclic) bond motifs is 1. The van der Waals surface area contributed by atoms with Gasteiger partial charge in [0.25, 0.3) is 0 Å². The molecule has 5 heteroatoms. The quantitative estimate of drug-likeness (QED) is 0.647. The first-order valence-corrected chi connectivity index (χ1v) is 10.5. The molecule has 31 heavy (non-hydrogen) atoms. The lowest BCUT2D eigenvalue weighted by molar-refractivity contribution is -0.127. The summed E-state index contributed by atoms with van der Waals surface area (Å²) in [6, 6.07) is 26.9. The fourth-order valence-electron chi connectivity index (χ4n) is 4.04. The Morgan fingerprint density at radius 3 is 1.97 bits per heavy atom. The van der Waals surface area contributed by atoms with Crippen LogP contribution in [0.4, 0.5) is 11.4 Å². The topological polar surface area (TPSA) is 61.4 Å². The van der Waals surface area contributed by atoms with Crippen molar-refractivity contribution in [3.05, 3.63) is 96.1 Å². The van der Waals surface area contributed by atoms with Crippen LogP contribution in [0.15, 0.2) is 84.9 Å². The standard InChI is InChI=1S/C26H27N3O2/c1-18(27-23(19-12-6-4-7-13-19)20-14-8-5-9-15-20)24(30)29-22-17-11-10-16-21(22)28-25(31)26(29,2)3/h4-18,23,27H,1-3H3,(H,28,31)/t18-/m0/s1. The van der Waals surface area contributed by atoms with Crippen LogP contribution in [0.25, 0.3) is 0 Å². The Morgan fingerprint density at radius 2 is 1.39 bits per heavy atom. The van der Waals surface area contributed by atoms with E-state index in [2.05, 4.69) is 34.9 Å². The highest BCUT2D eigenvalue weighted by Gasteiger charge is 2.44. The number of para-hydroxylation sites is 2. The molecule has 0 bridgehead atoms. The van der Waals surface area contributed by atoms with Crippen LogP contribution in [0, 0.1) is 0 Å². The zero-order valence-corrected chi connectivity index (χ0v) is 18.0. The van der Waals surface area contributed by atoms with E-state index in [0.29, 0.717) is 11.4 Å². The summed E-state index contributed by atoms with van der Waals surface area (Å²) in [6.45, 7) is 5.40. The van der Waals surface area contributed by atoms with Gasteiger partial charge >= 0.3 is 0 Å². The average molecular weight is 414 g/mol. The van der Waals surface area contributed by atoms with Gasteiger partial charge in [-0.2, -0.15) is 0 Å². The second-order valence-corrected chi connectivity index (χ2v) is 8.35. The van der Waals surface area contributed by atoms with Crippen molar-refractivity contribution in [1.29, 1.82) is 0 Å². The maximum Gasteiger partial charge on any atom is 0.250 e. The molecule has 158 valence electrons. The largest absolute Gasteiger partial charge is 0.322 e. The monoisotopic (exact) mass is 413 g/mol. The molecular weight excluding hydrogens is 386 g/mol. The van der Waals surface area contributed by atoms with E-state index < -0.39 is 11.6 Å². The molecule has 1 aliphatic rings. The number of nitrogens with one attached hydrogen (secondary N) is 2. The number of carbonyl (C=O) groups is 2. The maximum absolute atomic E-state index is 13.7. The molecular formula is C26H27N3O2. The lowest BCUT2D eigenvalue weighted by Crippen LogP contribution is -2.62. The van der Waals surface area contributed by atoms with E-state index in [1.807, 2.05) is 67.6 Å². The van der Waals surface area contributed by atoms with Gasteiger partial charge in [-0.05, 0) is 44.0 Å². The fourth-order valence-corrected chi connectivity index (χ4v) is 4.04. The Balaban J connectivity index is 1.67. The first-order chi connectivity index (χ1) is 14.9. The van der Waals surface area contributed by atoms with Gasteiger partial charge < -0.3 is 5.32 Å². The molecule has 0 fully saturated rings. The second kappa shape index (κ2) is 8.36. The second-order valence-electron chi connectivity index (χ2n) is 8.35. The zero-order chi connectivity index (χ0) is 22.0. The predicted octanol–water partition coefficient (Wildman–Crippen LogP) is 4.52. The summed E-state index contributed by atoms with van der Waals surface area (Å²) in [5.41, 5.74) is 2.50. The van der Waals surface area contributed by atoms with E-state index in [1.54, 1.807) is 18.7 Å². The SMILES string of the molecule is C[C@H](NC(c1ccccc1)c1ccccc1)C(=O)N1c2ccccc2NC(=O)C1(C)C. The van der Waals surface area contributed by atoms with Gasteiger partial charge in [0, 0.05) is 0 Å². The molecule has 2 N–H and O–H groups in total.